The van der Waals surface area contributed by atoms with Crippen LogP contribution in [0, 0.1) is 18.3 Å². The van der Waals surface area contributed by atoms with Crippen molar-refractivity contribution in [3.63, 3.8) is 0 Å². The van der Waals surface area contributed by atoms with E-state index >= 15 is 0 Å². The maximum Gasteiger partial charge on any atom is 0.129 e. The van der Waals surface area contributed by atoms with Gasteiger partial charge < -0.3 is 5.32 Å². The molecule has 5 nitrogen and oxygen atoms in total. The van der Waals surface area contributed by atoms with Crippen molar-refractivity contribution in [1.82, 2.24) is 14.9 Å². The van der Waals surface area contributed by atoms with Crippen molar-refractivity contribution >= 4 is 5.82 Å². The molecule has 0 saturated carbocycles. The van der Waals surface area contributed by atoms with Gasteiger partial charge in [-0.1, -0.05) is 12.1 Å². The molecule has 1 aliphatic heterocycles. The number of likely N-dealkylation sites (tertiary alicyclic amines) is 1. The molecule has 5 heteroatoms. The number of hydrogen-bond donors (Lipinski definition) is 1. The number of nitrogens with one attached hydrogen (secondary N) is 1. The Hall–Kier alpha value is -2.45. The Morgan fingerprint density at radius 2 is 2.27 bits per heavy atom. The van der Waals surface area contributed by atoms with Crippen LogP contribution >= 0.6 is 0 Å². The number of aromatic nitrogens is 2. The Labute approximate surface area is 130 Å². The van der Waals surface area contributed by atoms with E-state index in [1.807, 2.05) is 31.2 Å². The molecule has 1 aromatic carbocycles. The smallest absolute Gasteiger partial charge is 0.129 e. The molecule has 0 spiro atoms. The van der Waals surface area contributed by atoms with E-state index in [0.29, 0.717) is 6.04 Å². The highest BCUT2D eigenvalue weighted by molar-refractivity contribution is 5.36. The van der Waals surface area contributed by atoms with Crippen LogP contribution in [0.2, 0.25) is 0 Å². The minimum absolute atomic E-state index is 0.411. The van der Waals surface area contributed by atoms with Crippen molar-refractivity contribution < 1.29 is 0 Å². The third-order valence-electron chi connectivity index (χ3n) is 3.89. The summed E-state index contributed by atoms with van der Waals surface area (Å²) >= 11 is 0. The molecule has 1 aromatic heterocycles. The predicted octanol–water partition coefficient (Wildman–Crippen LogP) is 2.34. The second-order valence-corrected chi connectivity index (χ2v) is 5.72. The molecule has 1 unspecified atom stereocenters. The molecule has 1 saturated heterocycles. The highest BCUT2D eigenvalue weighted by Crippen LogP contribution is 2.17. The van der Waals surface area contributed by atoms with Crippen LogP contribution in [-0.4, -0.2) is 34.0 Å². The minimum atomic E-state index is 0.411. The fraction of sp³-hybridized carbons (Fsp3) is 0.353. The molecule has 1 atom stereocenters. The maximum atomic E-state index is 8.97. The number of nitriles is 1. The first kappa shape index (κ1) is 14.5. The van der Waals surface area contributed by atoms with Crippen LogP contribution in [0.1, 0.15) is 23.2 Å². The number of hydrogen-bond acceptors (Lipinski definition) is 5. The second kappa shape index (κ2) is 6.54. The van der Waals surface area contributed by atoms with E-state index in [1.54, 1.807) is 6.33 Å². The van der Waals surface area contributed by atoms with E-state index in [2.05, 4.69) is 32.3 Å². The standard InChI is InChI=1S/C17H19N5/c1-13-7-17(20-12-19-13)21-16-5-6-22(11-16)10-15-4-2-3-14(8-15)9-18/h2-4,7-8,12,16H,5-6,10-11H2,1H3,(H,19,20,21). The third-order valence-corrected chi connectivity index (χ3v) is 3.89. The molecule has 0 radical (unpaired) electrons. The van der Waals surface area contributed by atoms with Gasteiger partial charge in [-0.3, -0.25) is 4.90 Å². The molecular weight excluding hydrogens is 274 g/mol. The first-order valence-electron chi connectivity index (χ1n) is 7.49. The van der Waals surface area contributed by atoms with Gasteiger partial charge in [0.2, 0.25) is 0 Å². The van der Waals surface area contributed by atoms with E-state index in [1.165, 1.54) is 5.56 Å². The number of aryl methyl sites for hydroxylation is 1. The van der Waals surface area contributed by atoms with Gasteiger partial charge in [0.05, 0.1) is 11.6 Å². The van der Waals surface area contributed by atoms with Crippen LogP contribution in [0.5, 0.6) is 0 Å². The van der Waals surface area contributed by atoms with Crippen LogP contribution in [0.25, 0.3) is 0 Å². The fourth-order valence-corrected chi connectivity index (χ4v) is 2.83. The summed E-state index contributed by atoms with van der Waals surface area (Å²) in [6.07, 6.45) is 2.69. The molecule has 2 heterocycles. The average molecular weight is 293 g/mol. The molecule has 0 aliphatic carbocycles. The molecule has 0 amide bonds. The van der Waals surface area contributed by atoms with E-state index < -0.39 is 0 Å². The van der Waals surface area contributed by atoms with Crippen molar-refractivity contribution in [2.24, 2.45) is 0 Å². The van der Waals surface area contributed by atoms with Crippen molar-refractivity contribution in [3.05, 3.63) is 53.5 Å². The summed E-state index contributed by atoms with van der Waals surface area (Å²) in [5.74, 6) is 0.894. The van der Waals surface area contributed by atoms with Crippen molar-refractivity contribution in [3.8, 4) is 6.07 Å². The van der Waals surface area contributed by atoms with Crippen molar-refractivity contribution in [2.45, 2.75) is 25.9 Å². The van der Waals surface area contributed by atoms with Crippen molar-refractivity contribution in [2.75, 3.05) is 18.4 Å². The van der Waals surface area contributed by atoms with Crippen molar-refractivity contribution in [1.29, 1.82) is 5.26 Å². The van der Waals surface area contributed by atoms with Gasteiger partial charge in [-0.05, 0) is 31.0 Å². The van der Waals surface area contributed by atoms with Gasteiger partial charge in [0, 0.05) is 37.4 Å². The number of anilines is 1. The lowest BCUT2D eigenvalue weighted by molar-refractivity contribution is 0.328. The van der Waals surface area contributed by atoms with Gasteiger partial charge >= 0.3 is 0 Å². The fourth-order valence-electron chi connectivity index (χ4n) is 2.83. The molecule has 1 aliphatic rings. The van der Waals surface area contributed by atoms with E-state index in [-0.39, 0.29) is 0 Å². The van der Waals surface area contributed by atoms with E-state index in [9.17, 15) is 0 Å². The van der Waals surface area contributed by atoms with Crippen LogP contribution in [-0.2, 0) is 6.54 Å². The Kier molecular flexibility index (Phi) is 4.31. The first-order valence-corrected chi connectivity index (χ1v) is 7.49. The summed E-state index contributed by atoms with van der Waals surface area (Å²) in [7, 11) is 0. The van der Waals surface area contributed by atoms with Gasteiger partial charge in [0.15, 0.2) is 0 Å². The van der Waals surface area contributed by atoms with Crippen LogP contribution < -0.4 is 5.32 Å². The van der Waals surface area contributed by atoms with Crippen LogP contribution in [0.3, 0.4) is 0 Å². The molecule has 2 aromatic rings. The largest absolute Gasteiger partial charge is 0.366 e. The summed E-state index contributed by atoms with van der Waals surface area (Å²) in [5, 5.41) is 12.4. The van der Waals surface area contributed by atoms with Gasteiger partial charge in [0.1, 0.15) is 12.1 Å². The zero-order chi connectivity index (χ0) is 15.4. The Morgan fingerprint density at radius 1 is 1.36 bits per heavy atom. The molecule has 22 heavy (non-hydrogen) atoms. The molecular formula is C17H19N5. The van der Waals surface area contributed by atoms with Gasteiger partial charge in [-0.15, -0.1) is 0 Å². The molecule has 112 valence electrons. The molecule has 1 N–H and O–H groups in total. The lowest BCUT2D eigenvalue weighted by Crippen LogP contribution is -2.26. The normalized spacial score (nSPS) is 18.1. The molecule has 0 bridgehead atoms. The van der Waals surface area contributed by atoms with Gasteiger partial charge in [-0.25, -0.2) is 9.97 Å². The topological polar surface area (TPSA) is 64.8 Å². The lowest BCUT2D eigenvalue weighted by Gasteiger charge is -2.17. The van der Waals surface area contributed by atoms with Crippen LogP contribution in [0.4, 0.5) is 5.82 Å². The maximum absolute atomic E-state index is 8.97. The van der Waals surface area contributed by atoms with Gasteiger partial charge in [0.25, 0.3) is 0 Å². The number of nitrogens with zero attached hydrogens (tertiary/aromatic N) is 4. The Morgan fingerprint density at radius 3 is 3.09 bits per heavy atom. The Bertz CT molecular complexity index is 691. The summed E-state index contributed by atoms with van der Waals surface area (Å²) in [6, 6.07) is 12.4. The summed E-state index contributed by atoms with van der Waals surface area (Å²) in [6.45, 7) is 4.89. The number of rotatable bonds is 4. The highest BCUT2D eigenvalue weighted by atomic mass is 15.2. The highest BCUT2D eigenvalue weighted by Gasteiger charge is 2.22. The summed E-state index contributed by atoms with van der Waals surface area (Å²) < 4.78 is 0. The average Bonchev–Trinajstić information content (AvgIpc) is 2.94. The SMILES string of the molecule is Cc1cc(NC2CCN(Cc3cccc(C#N)c3)C2)ncn1. The van der Waals surface area contributed by atoms with Gasteiger partial charge in [-0.2, -0.15) is 5.26 Å². The quantitative estimate of drug-likeness (QED) is 0.937. The lowest BCUT2D eigenvalue weighted by atomic mass is 10.1. The molecule has 3 rings (SSSR count). The zero-order valence-electron chi connectivity index (χ0n) is 12.7. The van der Waals surface area contributed by atoms with E-state index in [0.717, 1.165) is 43.1 Å². The summed E-state index contributed by atoms with van der Waals surface area (Å²) in [5.41, 5.74) is 2.89. The number of benzene rings is 1. The van der Waals surface area contributed by atoms with E-state index in [4.69, 9.17) is 5.26 Å². The first-order chi connectivity index (χ1) is 10.7. The Balaban J connectivity index is 1.57. The minimum Gasteiger partial charge on any atom is -0.366 e. The predicted molar refractivity (Wildman–Crippen MR) is 85.2 cm³/mol. The zero-order valence-corrected chi connectivity index (χ0v) is 12.7. The summed E-state index contributed by atoms with van der Waals surface area (Å²) in [4.78, 5) is 10.8. The monoisotopic (exact) mass is 293 g/mol. The third kappa shape index (κ3) is 3.60. The second-order valence-electron chi connectivity index (χ2n) is 5.72. The molecule has 1 fully saturated rings. The van der Waals surface area contributed by atoms with Crippen LogP contribution in [0.15, 0.2) is 36.7 Å².